The highest BCUT2D eigenvalue weighted by molar-refractivity contribution is 6.32. The van der Waals surface area contributed by atoms with Gasteiger partial charge < -0.3 is 31.7 Å². The maximum absolute atomic E-state index is 10.2. The third-order valence-corrected chi connectivity index (χ3v) is 5.57. The number of anilines is 4. The van der Waals surface area contributed by atoms with Gasteiger partial charge in [-0.2, -0.15) is 9.97 Å². The molecule has 2 aromatic rings. The van der Waals surface area contributed by atoms with Gasteiger partial charge in [-0.25, -0.2) is 0 Å². The molecule has 1 heterocycles. The molecule has 0 bridgehead atoms. The molecule has 1 saturated carbocycles. The predicted octanol–water partition coefficient (Wildman–Crippen LogP) is 2.31. The first-order valence-corrected chi connectivity index (χ1v) is 10.2. The van der Waals surface area contributed by atoms with E-state index in [9.17, 15) is 15.3 Å². The van der Waals surface area contributed by atoms with Crippen molar-refractivity contribution in [3.63, 3.8) is 0 Å². The Morgan fingerprint density at radius 2 is 1.90 bits per heavy atom. The molecule has 8 nitrogen and oxygen atoms in total. The molecule has 1 aromatic carbocycles. The predicted molar refractivity (Wildman–Crippen MR) is 114 cm³/mol. The highest BCUT2D eigenvalue weighted by Crippen LogP contribution is 2.32. The zero-order valence-electron chi connectivity index (χ0n) is 16.3. The van der Waals surface area contributed by atoms with Crippen molar-refractivity contribution < 1.29 is 15.3 Å². The minimum absolute atomic E-state index is 0.0799. The fourth-order valence-corrected chi connectivity index (χ4v) is 3.67. The van der Waals surface area contributed by atoms with E-state index in [4.69, 9.17) is 17.3 Å². The molecule has 0 amide bonds. The normalized spacial score (nSPS) is 23.9. The minimum Gasteiger partial charge on any atom is -0.396 e. The minimum atomic E-state index is -1.05. The summed E-state index contributed by atoms with van der Waals surface area (Å²) in [5.41, 5.74) is 8.23. The molecule has 0 radical (unpaired) electrons. The number of aromatic nitrogens is 2. The average Bonchev–Trinajstić information content (AvgIpc) is 2.99. The van der Waals surface area contributed by atoms with E-state index in [1.54, 1.807) is 0 Å². The van der Waals surface area contributed by atoms with E-state index in [-0.39, 0.29) is 29.2 Å². The number of aliphatic hydroxyl groups is 3. The van der Waals surface area contributed by atoms with Crippen LogP contribution in [0.2, 0.25) is 5.15 Å². The monoisotopic (exact) mass is 421 g/mol. The first kappa shape index (κ1) is 21.6. The first-order valence-electron chi connectivity index (χ1n) is 9.85. The van der Waals surface area contributed by atoms with Crippen LogP contribution in [-0.4, -0.2) is 50.1 Å². The smallest absolute Gasteiger partial charge is 0.230 e. The average molecular weight is 422 g/mol. The Bertz CT molecular complexity index is 821. The standard InChI is InChI=1S/C20H28ClN5O3/c1-2-3-4-11-5-7-13(8-6-11)23-20-25-18(21)15(22)19(26-20)24-14-9-12(10-27)16(28)17(14)29/h5-8,12,14,16-17,27-29H,2-4,9-10,22H2,1H3,(H2,23,24,25,26)/t12-,14-,16-,17-/m1/s1. The molecule has 7 N–H and O–H groups in total. The Morgan fingerprint density at radius 3 is 2.52 bits per heavy atom. The van der Waals surface area contributed by atoms with Crippen LogP contribution in [0, 0.1) is 5.92 Å². The lowest BCUT2D eigenvalue weighted by Gasteiger charge is -2.20. The summed E-state index contributed by atoms with van der Waals surface area (Å²) in [6.07, 6.45) is 1.66. The summed E-state index contributed by atoms with van der Waals surface area (Å²) in [4.78, 5) is 8.54. The number of halogens is 1. The highest BCUT2D eigenvalue weighted by Gasteiger charge is 2.41. The fraction of sp³-hybridized carbons (Fsp3) is 0.500. The fourth-order valence-electron chi connectivity index (χ4n) is 3.50. The third-order valence-electron chi connectivity index (χ3n) is 5.29. The van der Waals surface area contributed by atoms with Crippen molar-refractivity contribution in [2.45, 2.75) is 50.9 Å². The summed E-state index contributed by atoms with van der Waals surface area (Å²) >= 11 is 6.17. The molecule has 3 rings (SSSR count). The van der Waals surface area contributed by atoms with Gasteiger partial charge in [0.15, 0.2) is 11.0 Å². The lowest BCUT2D eigenvalue weighted by atomic mass is 10.1. The number of aryl methyl sites for hydroxylation is 1. The van der Waals surface area contributed by atoms with Gasteiger partial charge in [0, 0.05) is 18.2 Å². The van der Waals surface area contributed by atoms with E-state index in [1.165, 1.54) is 5.56 Å². The van der Waals surface area contributed by atoms with Gasteiger partial charge in [-0.1, -0.05) is 37.1 Å². The van der Waals surface area contributed by atoms with E-state index in [0.717, 1.165) is 24.9 Å². The number of aliphatic hydroxyl groups excluding tert-OH is 3. The molecule has 9 heteroatoms. The SMILES string of the molecule is CCCCc1ccc(Nc2nc(Cl)c(N)c(N[C@@H]3C[C@H](CO)[C@@H](O)[C@@H]3O)n2)cc1. The van der Waals surface area contributed by atoms with Gasteiger partial charge in [-0.3, -0.25) is 0 Å². The topological polar surface area (TPSA) is 137 Å². The van der Waals surface area contributed by atoms with Gasteiger partial charge >= 0.3 is 0 Å². The number of nitrogens with zero attached hydrogens (tertiary/aromatic N) is 2. The van der Waals surface area contributed by atoms with Crippen LogP contribution in [0.5, 0.6) is 0 Å². The molecular weight excluding hydrogens is 394 g/mol. The van der Waals surface area contributed by atoms with Crippen molar-refractivity contribution in [1.29, 1.82) is 0 Å². The molecule has 0 saturated heterocycles. The van der Waals surface area contributed by atoms with Crippen molar-refractivity contribution in [2.24, 2.45) is 5.92 Å². The summed E-state index contributed by atoms with van der Waals surface area (Å²) in [5.74, 6) is 0.117. The Balaban J connectivity index is 1.74. The number of hydrogen-bond donors (Lipinski definition) is 6. The second-order valence-electron chi connectivity index (χ2n) is 7.44. The zero-order chi connectivity index (χ0) is 21.0. The largest absolute Gasteiger partial charge is 0.396 e. The van der Waals surface area contributed by atoms with Crippen LogP contribution in [0.25, 0.3) is 0 Å². The Hall–Kier alpha value is -2.13. The summed E-state index contributed by atoms with van der Waals surface area (Å²) < 4.78 is 0. The number of nitrogens with one attached hydrogen (secondary N) is 2. The van der Waals surface area contributed by atoms with Gasteiger partial charge in [0.05, 0.1) is 12.1 Å². The molecule has 1 aromatic heterocycles. The molecule has 1 aliphatic rings. The molecule has 1 fully saturated rings. The summed E-state index contributed by atoms with van der Waals surface area (Å²) in [7, 11) is 0. The van der Waals surface area contributed by atoms with Gasteiger partial charge in [-0.05, 0) is 37.0 Å². The van der Waals surface area contributed by atoms with E-state index in [2.05, 4.69) is 39.7 Å². The van der Waals surface area contributed by atoms with Crippen molar-refractivity contribution in [3.05, 3.63) is 35.0 Å². The summed E-state index contributed by atoms with van der Waals surface area (Å²) in [6, 6.07) is 7.51. The number of hydrogen-bond acceptors (Lipinski definition) is 8. The van der Waals surface area contributed by atoms with E-state index in [1.807, 2.05) is 12.1 Å². The van der Waals surface area contributed by atoms with Crippen LogP contribution in [-0.2, 0) is 6.42 Å². The van der Waals surface area contributed by atoms with Gasteiger partial charge in [0.25, 0.3) is 0 Å². The van der Waals surface area contributed by atoms with Crippen LogP contribution in [0.3, 0.4) is 0 Å². The van der Waals surface area contributed by atoms with Crippen LogP contribution in [0.15, 0.2) is 24.3 Å². The van der Waals surface area contributed by atoms with Crippen molar-refractivity contribution in [3.8, 4) is 0 Å². The second-order valence-corrected chi connectivity index (χ2v) is 7.79. The second kappa shape index (κ2) is 9.58. The highest BCUT2D eigenvalue weighted by atomic mass is 35.5. The molecule has 0 aliphatic heterocycles. The summed E-state index contributed by atoms with van der Waals surface area (Å²) in [6.45, 7) is 1.95. The molecular formula is C20H28ClN5O3. The molecule has 0 spiro atoms. The van der Waals surface area contributed by atoms with Crippen LogP contribution in [0.1, 0.15) is 31.7 Å². The lowest BCUT2D eigenvalue weighted by molar-refractivity contribution is 0.00446. The van der Waals surface area contributed by atoms with Gasteiger partial charge in [-0.15, -0.1) is 0 Å². The molecule has 0 unspecified atom stereocenters. The first-order chi connectivity index (χ1) is 13.9. The van der Waals surface area contributed by atoms with Gasteiger partial charge in [0.2, 0.25) is 5.95 Å². The van der Waals surface area contributed by atoms with E-state index in [0.29, 0.717) is 6.42 Å². The molecule has 1 aliphatic carbocycles. The zero-order valence-corrected chi connectivity index (χ0v) is 17.1. The molecule has 158 valence electrons. The Labute approximate surface area is 175 Å². The number of nitrogen functional groups attached to an aromatic ring is 1. The number of benzene rings is 1. The quantitative estimate of drug-likeness (QED) is 0.357. The number of unbranched alkanes of at least 4 members (excludes halogenated alkanes) is 1. The van der Waals surface area contributed by atoms with Crippen LogP contribution >= 0.6 is 11.6 Å². The maximum atomic E-state index is 10.2. The summed E-state index contributed by atoms with van der Waals surface area (Å²) in [5, 5.41) is 35.8. The van der Waals surface area contributed by atoms with Gasteiger partial charge in [0.1, 0.15) is 11.8 Å². The van der Waals surface area contributed by atoms with Crippen molar-refractivity contribution in [1.82, 2.24) is 9.97 Å². The molecule has 29 heavy (non-hydrogen) atoms. The Kier molecular flexibility index (Phi) is 7.13. The number of rotatable bonds is 8. The van der Waals surface area contributed by atoms with E-state index >= 15 is 0 Å². The van der Waals surface area contributed by atoms with E-state index < -0.39 is 24.2 Å². The molecule has 4 atom stereocenters. The van der Waals surface area contributed by atoms with Crippen molar-refractivity contribution in [2.75, 3.05) is 23.0 Å². The van der Waals surface area contributed by atoms with Crippen LogP contribution in [0.4, 0.5) is 23.1 Å². The maximum Gasteiger partial charge on any atom is 0.230 e. The van der Waals surface area contributed by atoms with Crippen molar-refractivity contribution >= 4 is 34.7 Å². The number of nitrogens with two attached hydrogens (primary N) is 1. The lowest BCUT2D eigenvalue weighted by Crippen LogP contribution is -2.35. The third kappa shape index (κ3) is 5.08. The Morgan fingerprint density at radius 1 is 1.17 bits per heavy atom. The van der Waals surface area contributed by atoms with Crippen LogP contribution < -0.4 is 16.4 Å².